The maximum Gasteiger partial charge on any atom is 0.269 e. The number of thiazole rings is 2. The van der Waals surface area contributed by atoms with E-state index in [1.165, 1.54) is 408 Å². The van der Waals surface area contributed by atoms with Crippen LogP contribution in [-0.4, -0.2) is 52.5 Å². The van der Waals surface area contributed by atoms with Gasteiger partial charge in [-0.1, -0.05) is 383 Å². The lowest BCUT2D eigenvalue weighted by atomic mass is 10.0. The molecule has 2 aliphatic rings. The van der Waals surface area contributed by atoms with Gasteiger partial charge in [0.2, 0.25) is 0 Å². The summed E-state index contributed by atoms with van der Waals surface area (Å²) < 4.78 is 7.07. The predicted octanol–water partition coefficient (Wildman–Crippen LogP) is 34.3. The molecule has 0 atom stereocenters. The lowest BCUT2D eigenvalue weighted by Gasteiger charge is -2.09. The van der Waals surface area contributed by atoms with Crippen molar-refractivity contribution in [3.8, 4) is 58.5 Å². The highest BCUT2D eigenvalue weighted by molar-refractivity contribution is 8.30. The Morgan fingerprint density at radius 3 is 0.740 bits per heavy atom. The summed E-state index contributed by atoms with van der Waals surface area (Å²) in [5, 5.41) is 1.38. The summed E-state index contributed by atoms with van der Waals surface area (Å²) in [5.74, 6) is -0.160. The average Bonchev–Trinajstić information content (AvgIpc) is 1.61. The number of carbonyl (C=O) groups is 2. The standard InChI is InChI=1S/C110H156N4O4S13/c1-11-21-29-37-45-53-61-79-71-85(77-87-107(117)130-105(101-103(115)111(19-9)109(119)128-101)113(87)69-59-51-43-35-27-17-7)121-97(79)91-75-83(65-57-49-41-33-25-15-5)99(126-91)93-73-81(63-55-47-39-31-23-13-3)95(124-93)89-67-68-90(123-89)96-82(64-56-48-40-32-24-14-4)74-94(125-96)100-84(66-58-50-42-34-26-16-6)76-92(127-100)98-80(62-54-46-38-30-22-12-2)72-86(122-98)78-88-108(118)131-106(102-104(116)112(20-10)110(120)129-102)114(88)70-60-52-44-36-28-18-8/h67-68,71-78H,11-66,69-70H2,1-10H3/b87-77+,88-78+,105-101+,106-102+. The fourth-order valence-electron chi connectivity index (χ4n) is 18.6. The van der Waals surface area contributed by atoms with Gasteiger partial charge in [0.15, 0.2) is 0 Å². The zero-order valence-electron chi connectivity index (χ0n) is 81.5. The van der Waals surface area contributed by atoms with Gasteiger partial charge in [-0.25, -0.2) is 0 Å². The molecule has 2 aliphatic heterocycles. The minimum Gasteiger partial charge on any atom is -0.328 e. The van der Waals surface area contributed by atoms with Crippen LogP contribution in [-0.2, 0) is 61.2 Å². The van der Waals surface area contributed by atoms with Gasteiger partial charge in [-0.05, 0) is 198 Å². The van der Waals surface area contributed by atoms with Crippen LogP contribution in [0.4, 0.5) is 0 Å². The second-order valence-electron chi connectivity index (χ2n) is 36.9. The molecular formula is C110H156N4O4S13. The second-order valence-corrected chi connectivity index (χ2v) is 49.6. The summed E-state index contributed by atoms with van der Waals surface area (Å²) in [6, 6.07) is 20.4. The highest BCUT2D eigenvalue weighted by Gasteiger charge is 2.35. The van der Waals surface area contributed by atoms with Crippen molar-refractivity contribution in [2.75, 3.05) is 13.1 Å². The van der Waals surface area contributed by atoms with E-state index < -0.39 is 0 Å². The molecule has 2 fully saturated rings. The molecule has 11 rings (SSSR count). The number of thiophene rings is 7. The Morgan fingerprint density at radius 2 is 0.489 bits per heavy atom. The quantitative estimate of drug-likeness (QED) is 0.0275. The van der Waals surface area contributed by atoms with E-state index in [9.17, 15) is 19.2 Å². The molecule has 718 valence electrons. The predicted molar refractivity (Wildman–Crippen MR) is 598 cm³/mol. The monoisotopic (exact) mass is 2010 g/mol. The Labute approximate surface area is 844 Å². The molecule has 21 heteroatoms. The van der Waals surface area contributed by atoms with Gasteiger partial charge in [-0.15, -0.1) is 79.4 Å². The molecule has 8 nitrogen and oxygen atoms in total. The van der Waals surface area contributed by atoms with Crippen LogP contribution < -0.4 is 29.5 Å². The molecule has 0 unspecified atom stereocenters. The van der Waals surface area contributed by atoms with Crippen LogP contribution in [0.2, 0.25) is 0 Å². The Morgan fingerprint density at radius 1 is 0.260 bits per heavy atom. The highest BCUT2D eigenvalue weighted by atomic mass is 32.2. The van der Waals surface area contributed by atoms with Crippen LogP contribution in [0.1, 0.15) is 421 Å². The zero-order chi connectivity index (χ0) is 92.6. The van der Waals surface area contributed by atoms with Crippen molar-refractivity contribution in [1.82, 2.24) is 18.9 Å². The molecule has 0 aliphatic carbocycles. The molecular weight excluding hydrogens is 1860 g/mol. The van der Waals surface area contributed by atoms with Gasteiger partial charge in [0.1, 0.15) is 38.5 Å². The number of carbonyl (C=O) groups excluding carboxylic acids is 2. The largest absolute Gasteiger partial charge is 0.328 e. The number of aromatic nitrogens is 2. The van der Waals surface area contributed by atoms with Crippen LogP contribution in [0.3, 0.4) is 0 Å². The second kappa shape index (κ2) is 58.8. The minimum atomic E-state index is -0.0801. The van der Waals surface area contributed by atoms with E-state index in [-0.39, 0.29) is 21.3 Å². The number of aryl methyl sites for hydroxylation is 6. The number of hydrogen-bond donors (Lipinski definition) is 0. The van der Waals surface area contributed by atoms with Crippen molar-refractivity contribution in [2.45, 2.75) is 429 Å². The summed E-state index contributed by atoms with van der Waals surface area (Å²) in [7, 11) is 0. The van der Waals surface area contributed by atoms with Crippen LogP contribution >= 0.6 is 150 Å². The molecule has 131 heavy (non-hydrogen) atoms. The third-order valence-corrected chi connectivity index (χ3v) is 40.5. The SMILES string of the molecule is CCCCCCCCc1cc(/C=c2\c(=O)s/c(=C3/SC(=S)N(CC)C3=O)n2CCCCCCCC)sc1-c1cc(CCCCCCCC)c(-c2cc(CCCCCCCC)c(-c3ccc(-c4sc(-c5sc(-c6sc(/C=c7\c(=O)s/c(=C8/SC(=S)N(CC)C8=O)n7CCCCCCCC)cc6CCCCCCCC)cc5CCCCCCCC)cc4CCCCCCCC)s3)s2)s1. The number of thioether (sulfide) groups is 2. The molecule has 0 radical (unpaired) electrons. The molecule has 0 spiro atoms. The number of amides is 2. The summed E-state index contributed by atoms with van der Waals surface area (Å²) in [4.78, 5) is 81.3. The van der Waals surface area contributed by atoms with E-state index in [0.717, 1.165) is 96.1 Å². The van der Waals surface area contributed by atoms with Crippen LogP contribution in [0.25, 0.3) is 80.5 Å². The maximum atomic E-state index is 14.7. The molecule has 0 aromatic carbocycles. The Bertz CT molecular complexity index is 5090. The van der Waals surface area contributed by atoms with Gasteiger partial charge < -0.3 is 9.13 Å². The van der Waals surface area contributed by atoms with Gasteiger partial charge in [-0.2, -0.15) is 0 Å². The van der Waals surface area contributed by atoms with Gasteiger partial charge >= 0.3 is 0 Å². The molecule has 0 saturated carbocycles. The molecule has 9 aromatic rings. The first-order valence-electron chi connectivity index (χ1n) is 52.0. The molecule has 2 saturated heterocycles. The van der Waals surface area contributed by atoms with E-state index in [1.54, 1.807) is 9.80 Å². The molecule has 0 bridgehead atoms. The van der Waals surface area contributed by atoms with E-state index >= 15 is 0 Å². The third kappa shape index (κ3) is 31.3. The molecule has 9 aromatic heterocycles. The molecule has 11 heterocycles. The third-order valence-electron chi connectivity index (χ3n) is 26.3. The number of thiocarbonyl (C=S) groups is 2. The number of nitrogens with zero attached hydrogens (tertiary/aromatic N) is 4. The van der Waals surface area contributed by atoms with Crippen molar-refractivity contribution in [3.05, 3.63) is 131 Å². The summed E-state index contributed by atoms with van der Waals surface area (Å²) in [6.07, 6.45) is 69.4. The van der Waals surface area contributed by atoms with Gasteiger partial charge in [0, 0.05) is 94.5 Å². The maximum absolute atomic E-state index is 14.7. The van der Waals surface area contributed by atoms with Crippen LogP contribution in [0.15, 0.2) is 58.1 Å². The van der Waals surface area contributed by atoms with Crippen molar-refractivity contribution < 1.29 is 9.59 Å². The lowest BCUT2D eigenvalue weighted by molar-refractivity contribution is -0.121. The lowest BCUT2D eigenvalue weighted by Crippen LogP contribution is -2.34. The van der Waals surface area contributed by atoms with Gasteiger partial charge in [-0.3, -0.25) is 29.0 Å². The van der Waals surface area contributed by atoms with Crippen LogP contribution in [0.5, 0.6) is 0 Å². The topological polar surface area (TPSA) is 84.6 Å². The highest BCUT2D eigenvalue weighted by Crippen LogP contribution is 2.53. The van der Waals surface area contributed by atoms with Crippen molar-refractivity contribution in [1.29, 1.82) is 0 Å². The van der Waals surface area contributed by atoms with Crippen LogP contribution in [0, 0.1) is 0 Å². The number of rotatable bonds is 66. The van der Waals surface area contributed by atoms with E-state index in [2.05, 4.69) is 148 Å². The Kier molecular flexibility index (Phi) is 48.3. The smallest absolute Gasteiger partial charge is 0.269 e. The number of hydrogen-bond acceptors (Lipinski definition) is 17. The fraction of sp³-hybridized carbons (Fsp3) is 0.618. The summed E-state index contributed by atoms with van der Waals surface area (Å²) >= 11 is 30.8. The Balaban J connectivity index is 1.02. The van der Waals surface area contributed by atoms with Crippen molar-refractivity contribution in [3.63, 3.8) is 0 Å². The normalized spacial score (nSPS) is 14.4. The van der Waals surface area contributed by atoms with E-state index in [4.69, 9.17) is 24.4 Å². The first-order chi connectivity index (χ1) is 64.1. The van der Waals surface area contributed by atoms with Gasteiger partial charge in [0.05, 0.1) is 0 Å². The summed E-state index contributed by atoms with van der Waals surface area (Å²) in [6.45, 7) is 24.8. The molecule has 2 amide bonds. The zero-order valence-corrected chi connectivity index (χ0v) is 92.1. The molecule has 0 N–H and O–H groups in total. The first kappa shape index (κ1) is 107. The van der Waals surface area contributed by atoms with E-state index in [0.29, 0.717) is 55.3 Å². The van der Waals surface area contributed by atoms with Crippen molar-refractivity contribution >= 4 is 192 Å². The van der Waals surface area contributed by atoms with E-state index in [1.807, 2.05) is 70.5 Å². The first-order valence-corrected chi connectivity index (χ1v) is 61.8. The Hall–Kier alpha value is -3.94. The average molecular weight is 2020 g/mol. The van der Waals surface area contributed by atoms with Gasteiger partial charge in [0.25, 0.3) is 21.3 Å². The van der Waals surface area contributed by atoms with Crippen molar-refractivity contribution in [2.24, 2.45) is 0 Å². The summed E-state index contributed by atoms with van der Waals surface area (Å²) in [5.41, 5.74) is 8.78. The fourth-order valence-corrected chi connectivity index (χ4v) is 32.6. The number of unbranched alkanes of at least 4 members (excludes halogenated alkanes) is 40. The minimum absolute atomic E-state index is 0.0116.